The molecule has 0 aromatic heterocycles. The first-order chi connectivity index (χ1) is 8.83. The Morgan fingerprint density at radius 3 is 2.47 bits per heavy atom. The summed E-state index contributed by atoms with van der Waals surface area (Å²) in [6.07, 6.45) is 3.39. The van der Waals surface area contributed by atoms with Gasteiger partial charge in [-0.1, -0.05) is 23.8 Å². The fraction of sp³-hybridized carbons (Fsp3) is 0.467. The van der Waals surface area contributed by atoms with E-state index in [1.807, 2.05) is 26.0 Å². The normalized spacial score (nSPS) is 23.4. The van der Waals surface area contributed by atoms with Gasteiger partial charge in [0.25, 0.3) is 0 Å². The smallest absolute Gasteiger partial charge is 0.202 e. The van der Waals surface area contributed by atoms with Crippen LogP contribution in [0.15, 0.2) is 40.1 Å². The molecule has 0 amide bonds. The van der Waals surface area contributed by atoms with Crippen LogP contribution in [0.2, 0.25) is 0 Å². The number of allylic oxidation sites excluding steroid dienone is 2. The maximum atomic E-state index is 12.3. The highest BCUT2D eigenvalue weighted by Crippen LogP contribution is 2.31. The minimum Gasteiger partial charge on any atom is -0.370 e. The molecule has 1 atom stereocenters. The van der Waals surface area contributed by atoms with E-state index in [1.54, 1.807) is 25.1 Å². The van der Waals surface area contributed by atoms with Gasteiger partial charge < -0.3 is 4.74 Å². The number of hydrogen-bond acceptors (Lipinski definition) is 3. The molecule has 1 unspecified atom stereocenters. The van der Waals surface area contributed by atoms with Crippen LogP contribution < -0.4 is 0 Å². The summed E-state index contributed by atoms with van der Waals surface area (Å²) in [4.78, 5) is 0.779. The van der Waals surface area contributed by atoms with E-state index in [0.29, 0.717) is 9.80 Å². The van der Waals surface area contributed by atoms with E-state index in [0.717, 1.165) is 25.0 Å². The summed E-state index contributed by atoms with van der Waals surface area (Å²) in [5.41, 5.74) is 1.03. The summed E-state index contributed by atoms with van der Waals surface area (Å²) >= 11 is 0. The van der Waals surface area contributed by atoms with Crippen molar-refractivity contribution in [1.82, 2.24) is 0 Å². The van der Waals surface area contributed by atoms with Crippen LogP contribution in [0.5, 0.6) is 0 Å². The molecule has 0 saturated carbocycles. The third-order valence-corrected chi connectivity index (χ3v) is 5.40. The summed E-state index contributed by atoms with van der Waals surface area (Å²) < 4.78 is 29.9. The van der Waals surface area contributed by atoms with Gasteiger partial charge in [-0.25, -0.2) is 8.42 Å². The molecule has 0 aliphatic carbocycles. The van der Waals surface area contributed by atoms with Gasteiger partial charge in [-0.3, -0.25) is 0 Å². The molecule has 4 heteroatoms. The molecule has 1 aromatic rings. The standard InChI is InChI=1S/C15H20O3S/c1-12-6-8-14(9-7-12)19(16,17)13(2)5-4-10-15(3)11-18-15/h5-9H,4,10-11H2,1-3H3/b13-5+. The predicted molar refractivity (Wildman–Crippen MR) is 75.7 cm³/mol. The lowest BCUT2D eigenvalue weighted by Crippen LogP contribution is -2.05. The van der Waals surface area contributed by atoms with Crippen molar-refractivity contribution >= 4 is 9.84 Å². The number of sulfone groups is 1. The van der Waals surface area contributed by atoms with Gasteiger partial charge >= 0.3 is 0 Å². The zero-order valence-electron chi connectivity index (χ0n) is 11.6. The summed E-state index contributed by atoms with van der Waals surface area (Å²) in [6.45, 7) is 6.43. The number of rotatable bonds is 5. The van der Waals surface area contributed by atoms with E-state index in [2.05, 4.69) is 0 Å². The third-order valence-electron chi connectivity index (χ3n) is 3.50. The molecule has 1 heterocycles. The molecular weight excluding hydrogens is 260 g/mol. The zero-order valence-corrected chi connectivity index (χ0v) is 12.5. The van der Waals surface area contributed by atoms with Crippen LogP contribution in [0.1, 0.15) is 32.3 Å². The van der Waals surface area contributed by atoms with Crippen molar-refractivity contribution in [3.8, 4) is 0 Å². The first kappa shape index (κ1) is 14.3. The second-order valence-electron chi connectivity index (χ2n) is 5.41. The van der Waals surface area contributed by atoms with Crippen molar-refractivity contribution in [3.05, 3.63) is 40.8 Å². The number of epoxide rings is 1. The van der Waals surface area contributed by atoms with Crippen molar-refractivity contribution in [2.24, 2.45) is 0 Å². The Kier molecular flexibility index (Phi) is 3.83. The fourth-order valence-electron chi connectivity index (χ4n) is 1.86. The minimum atomic E-state index is -3.33. The van der Waals surface area contributed by atoms with Gasteiger partial charge in [-0.2, -0.15) is 0 Å². The molecular formula is C15H20O3S. The van der Waals surface area contributed by atoms with Gasteiger partial charge in [0.15, 0.2) is 0 Å². The lowest BCUT2D eigenvalue weighted by atomic mass is 10.1. The molecule has 0 radical (unpaired) electrons. The highest BCUT2D eigenvalue weighted by molar-refractivity contribution is 7.95. The lowest BCUT2D eigenvalue weighted by Gasteiger charge is -2.06. The monoisotopic (exact) mass is 280 g/mol. The summed E-state index contributed by atoms with van der Waals surface area (Å²) in [5.74, 6) is 0. The van der Waals surface area contributed by atoms with Crippen molar-refractivity contribution in [1.29, 1.82) is 0 Å². The van der Waals surface area contributed by atoms with Gasteiger partial charge in [-0.15, -0.1) is 0 Å². The van der Waals surface area contributed by atoms with E-state index < -0.39 is 9.84 Å². The third kappa shape index (κ3) is 3.45. The van der Waals surface area contributed by atoms with Crippen LogP contribution >= 0.6 is 0 Å². The lowest BCUT2D eigenvalue weighted by molar-refractivity contribution is 0.310. The first-order valence-electron chi connectivity index (χ1n) is 6.46. The zero-order chi connectivity index (χ0) is 14.1. The Morgan fingerprint density at radius 1 is 1.37 bits per heavy atom. The summed E-state index contributed by atoms with van der Waals surface area (Å²) in [5, 5.41) is 0. The molecule has 1 saturated heterocycles. The van der Waals surface area contributed by atoms with E-state index >= 15 is 0 Å². The molecule has 0 spiro atoms. The second kappa shape index (κ2) is 5.10. The van der Waals surface area contributed by atoms with Crippen LogP contribution in [-0.2, 0) is 14.6 Å². The van der Waals surface area contributed by atoms with E-state index in [4.69, 9.17) is 4.74 Å². The first-order valence-corrected chi connectivity index (χ1v) is 7.94. The molecule has 1 aliphatic rings. The highest BCUT2D eigenvalue weighted by atomic mass is 32.2. The van der Waals surface area contributed by atoms with Crippen molar-refractivity contribution < 1.29 is 13.2 Å². The van der Waals surface area contributed by atoms with Crippen molar-refractivity contribution in [3.63, 3.8) is 0 Å². The van der Waals surface area contributed by atoms with Gasteiger partial charge in [0.2, 0.25) is 9.84 Å². The van der Waals surface area contributed by atoms with E-state index in [-0.39, 0.29) is 5.60 Å². The van der Waals surface area contributed by atoms with E-state index in [9.17, 15) is 8.42 Å². The molecule has 2 rings (SSSR count). The second-order valence-corrected chi connectivity index (χ2v) is 7.53. The number of aryl methyl sites for hydroxylation is 1. The summed E-state index contributed by atoms with van der Waals surface area (Å²) in [6, 6.07) is 6.96. The molecule has 1 fully saturated rings. The van der Waals surface area contributed by atoms with Crippen molar-refractivity contribution in [2.45, 2.75) is 44.1 Å². The predicted octanol–water partition coefficient (Wildman–Crippen LogP) is 3.24. The Balaban J connectivity index is 2.09. The van der Waals surface area contributed by atoms with Gasteiger partial charge in [0, 0.05) is 4.91 Å². The summed E-state index contributed by atoms with van der Waals surface area (Å²) in [7, 11) is -3.33. The average Bonchev–Trinajstić information content (AvgIpc) is 3.08. The Bertz CT molecular complexity index is 578. The fourth-order valence-corrected chi connectivity index (χ4v) is 3.06. The van der Waals surface area contributed by atoms with Crippen LogP contribution in [0, 0.1) is 6.92 Å². The average molecular weight is 280 g/mol. The van der Waals surface area contributed by atoms with Crippen LogP contribution in [0.25, 0.3) is 0 Å². The largest absolute Gasteiger partial charge is 0.370 e. The van der Waals surface area contributed by atoms with Crippen LogP contribution in [0.3, 0.4) is 0 Å². The molecule has 104 valence electrons. The molecule has 0 N–H and O–H groups in total. The Morgan fingerprint density at radius 2 is 1.95 bits per heavy atom. The molecule has 1 aromatic carbocycles. The van der Waals surface area contributed by atoms with Gasteiger partial charge in [0.1, 0.15) is 0 Å². The van der Waals surface area contributed by atoms with Gasteiger partial charge in [0.05, 0.1) is 17.1 Å². The van der Waals surface area contributed by atoms with Crippen molar-refractivity contribution in [2.75, 3.05) is 6.61 Å². The highest BCUT2D eigenvalue weighted by Gasteiger charge is 2.38. The molecule has 3 nitrogen and oxygen atoms in total. The Labute approximate surface area is 115 Å². The maximum Gasteiger partial charge on any atom is 0.202 e. The molecule has 0 bridgehead atoms. The Hall–Kier alpha value is -1.13. The minimum absolute atomic E-state index is 0.0234. The van der Waals surface area contributed by atoms with Crippen LogP contribution in [-0.4, -0.2) is 20.6 Å². The van der Waals surface area contributed by atoms with Crippen LogP contribution in [0.4, 0.5) is 0 Å². The number of ether oxygens (including phenoxy) is 1. The SMILES string of the molecule is C/C(=C\CCC1(C)CO1)S(=O)(=O)c1ccc(C)cc1. The molecule has 19 heavy (non-hydrogen) atoms. The molecule has 1 aliphatic heterocycles. The quantitative estimate of drug-likeness (QED) is 0.778. The topological polar surface area (TPSA) is 46.7 Å². The maximum absolute atomic E-state index is 12.3. The van der Waals surface area contributed by atoms with E-state index in [1.165, 1.54) is 0 Å². The van der Waals surface area contributed by atoms with Gasteiger partial charge in [-0.05, 0) is 45.7 Å². The number of hydrogen-bond donors (Lipinski definition) is 0. The number of benzene rings is 1.